The van der Waals surface area contributed by atoms with Gasteiger partial charge in [-0.05, 0) is 53.6 Å². The van der Waals surface area contributed by atoms with Gasteiger partial charge in [-0.3, -0.25) is 4.79 Å². The molecule has 0 fully saturated rings. The Hall–Kier alpha value is -3.87. The zero-order valence-electron chi connectivity index (χ0n) is 22.0. The summed E-state index contributed by atoms with van der Waals surface area (Å²) in [6, 6.07) is 35.4. The molecule has 5 aromatic rings. The number of nitriles is 1. The van der Waals surface area contributed by atoms with Crippen molar-refractivity contribution in [3.63, 3.8) is 0 Å². The van der Waals surface area contributed by atoms with Crippen LogP contribution in [0.25, 0.3) is 21.5 Å². The van der Waals surface area contributed by atoms with Crippen LogP contribution in [0.15, 0.2) is 118 Å². The van der Waals surface area contributed by atoms with Gasteiger partial charge in [-0.1, -0.05) is 100.0 Å². The van der Waals surface area contributed by atoms with Crippen molar-refractivity contribution in [1.82, 2.24) is 10.3 Å². The molecule has 2 N–H and O–H groups in total. The SMILES string of the molecule is N#CC1=C(SCC(=O)Nc2ccc(Br)cc2)NC(c2ccccc2)=C(c2nc3ccccc3s2)[C@H]1c1ccccc1Cl. The van der Waals surface area contributed by atoms with Crippen molar-refractivity contribution in [1.29, 1.82) is 5.26 Å². The van der Waals surface area contributed by atoms with E-state index < -0.39 is 5.92 Å². The topological polar surface area (TPSA) is 77.8 Å². The number of nitrogens with zero attached hydrogens (tertiary/aromatic N) is 2. The van der Waals surface area contributed by atoms with Gasteiger partial charge in [-0.15, -0.1) is 11.3 Å². The third-order valence-electron chi connectivity index (χ3n) is 6.73. The second kappa shape index (κ2) is 12.6. The van der Waals surface area contributed by atoms with E-state index in [1.54, 1.807) is 11.3 Å². The first-order valence-corrected chi connectivity index (χ1v) is 16.0. The van der Waals surface area contributed by atoms with Crippen molar-refractivity contribution in [2.45, 2.75) is 5.92 Å². The fraction of sp³-hybridized carbons (Fsp3) is 0.0606. The zero-order valence-corrected chi connectivity index (χ0v) is 25.9. The number of para-hydroxylation sites is 1. The van der Waals surface area contributed by atoms with Crippen LogP contribution in [0, 0.1) is 11.3 Å². The third-order valence-corrected chi connectivity index (χ3v) is 9.69. The van der Waals surface area contributed by atoms with Crippen LogP contribution >= 0.6 is 50.6 Å². The Bertz CT molecular complexity index is 1860. The predicted octanol–water partition coefficient (Wildman–Crippen LogP) is 9.07. The van der Waals surface area contributed by atoms with Gasteiger partial charge in [0.05, 0.1) is 44.3 Å². The number of rotatable bonds is 7. The molecule has 9 heteroatoms. The number of halogens is 2. The molecule has 0 unspecified atom stereocenters. The Morgan fingerprint density at radius 1 is 1.00 bits per heavy atom. The van der Waals surface area contributed by atoms with Gasteiger partial charge in [0.25, 0.3) is 0 Å². The number of carbonyl (C=O) groups is 1. The summed E-state index contributed by atoms with van der Waals surface area (Å²) in [5.41, 5.74) is 5.52. The van der Waals surface area contributed by atoms with Crippen molar-refractivity contribution in [2.75, 3.05) is 11.1 Å². The number of hydrogen-bond acceptors (Lipinski definition) is 6. The maximum Gasteiger partial charge on any atom is 0.234 e. The number of aromatic nitrogens is 1. The summed E-state index contributed by atoms with van der Waals surface area (Å²) in [6.45, 7) is 0. The maximum atomic E-state index is 13.0. The minimum Gasteiger partial charge on any atom is -0.349 e. The lowest BCUT2D eigenvalue weighted by Gasteiger charge is -2.31. The minimum absolute atomic E-state index is 0.108. The first-order chi connectivity index (χ1) is 20.5. The van der Waals surface area contributed by atoms with Crippen molar-refractivity contribution < 1.29 is 4.79 Å². The fourth-order valence-electron chi connectivity index (χ4n) is 4.84. The molecule has 2 heterocycles. The number of benzene rings is 4. The van der Waals surface area contributed by atoms with Gasteiger partial charge in [0.15, 0.2) is 0 Å². The summed E-state index contributed by atoms with van der Waals surface area (Å²) in [6.07, 6.45) is 0. The lowest BCUT2D eigenvalue weighted by Crippen LogP contribution is -2.25. The van der Waals surface area contributed by atoms with E-state index in [1.807, 2.05) is 103 Å². The number of carbonyl (C=O) groups excluding carboxylic acids is 1. The highest BCUT2D eigenvalue weighted by Gasteiger charge is 2.36. The Morgan fingerprint density at radius 3 is 2.45 bits per heavy atom. The number of thioether (sulfide) groups is 1. The van der Waals surface area contributed by atoms with E-state index in [2.05, 4.69) is 32.6 Å². The van der Waals surface area contributed by atoms with E-state index in [4.69, 9.17) is 16.6 Å². The van der Waals surface area contributed by atoms with Crippen LogP contribution in [0.5, 0.6) is 0 Å². The van der Waals surface area contributed by atoms with Gasteiger partial charge in [0.2, 0.25) is 5.91 Å². The molecule has 0 radical (unpaired) electrons. The van der Waals surface area contributed by atoms with Crippen molar-refractivity contribution in [2.24, 2.45) is 0 Å². The maximum absolute atomic E-state index is 13.0. The molecule has 1 aliphatic heterocycles. The van der Waals surface area contributed by atoms with Crippen LogP contribution in [-0.2, 0) is 4.79 Å². The van der Waals surface area contributed by atoms with E-state index >= 15 is 0 Å². The minimum atomic E-state index is -0.502. The van der Waals surface area contributed by atoms with Gasteiger partial charge in [-0.2, -0.15) is 5.26 Å². The first kappa shape index (κ1) is 28.3. The highest BCUT2D eigenvalue weighted by molar-refractivity contribution is 9.10. The normalized spacial score (nSPS) is 14.9. The van der Waals surface area contributed by atoms with Gasteiger partial charge >= 0.3 is 0 Å². The van der Waals surface area contributed by atoms with Crippen LogP contribution in [0.2, 0.25) is 5.02 Å². The Morgan fingerprint density at radius 2 is 1.71 bits per heavy atom. The molecule has 1 aromatic heterocycles. The number of anilines is 1. The van der Waals surface area contributed by atoms with Gasteiger partial charge in [0, 0.05) is 20.8 Å². The van der Waals surface area contributed by atoms with E-state index in [0.29, 0.717) is 21.3 Å². The highest BCUT2D eigenvalue weighted by Crippen LogP contribution is 2.50. The summed E-state index contributed by atoms with van der Waals surface area (Å²) in [4.78, 5) is 18.0. The molecule has 0 saturated carbocycles. The lowest BCUT2D eigenvalue weighted by atomic mass is 9.81. The summed E-state index contributed by atoms with van der Waals surface area (Å²) in [7, 11) is 0. The number of fused-ring (bicyclic) bond motifs is 1. The fourth-order valence-corrected chi connectivity index (χ4v) is 7.23. The lowest BCUT2D eigenvalue weighted by molar-refractivity contribution is -0.113. The zero-order chi connectivity index (χ0) is 29.1. The quantitative estimate of drug-likeness (QED) is 0.181. The molecule has 1 atom stereocenters. The Kier molecular flexibility index (Phi) is 8.45. The van der Waals surface area contributed by atoms with E-state index in [-0.39, 0.29) is 11.7 Å². The molecule has 6 rings (SSSR count). The molecular formula is C33H22BrClN4OS2. The third kappa shape index (κ3) is 5.87. The van der Waals surface area contributed by atoms with E-state index in [0.717, 1.165) is 42.1 Å². The van der Waals surface area contributed by atoms with E-state index in [9.17, 15) is 10.1 Å². The Labute approximate surface area is 265 Å². The molecule has 0 spiro atoms. The second-order valence-corrected chi connectivity index (χ2v) is 12.8. The molecule has 5 nitrogen and oxygen atoms in total. The smallest absolute Gasteiger partial charge is 0.234 e. The average Bonchev–Trinajstić information content (AvgIpc) is 3.45. The van der Waals surface area contributed by atoms with Crippen molar-refractivity contribution in [3.8, 4) is 6.07 Å². The van der Waals surface area contributed by atoms with Crippen molar-refractivity contribution in [3.05, 3.63) is 139 Å². The summed E-state index contributed by atoms with van der Waals surface area (Å²) in [5, 5.41) is 19.1. The molecule has 0 aliphatic carbocycles. The van der Waals surface area contributed by atoms with Crippen molar-refractivity contribution >= 4 is 83.7 Å². The number of thiazole rings is 1. The molecule has 0 saturated heterocycles. The molecule has 206 valence electrons. The van der Waals surface area contributed by atoms with Crippen LogP contribution in [0.4, 0.5) is 5.69 Å². The first-order valence-electron chi connectivity index (χ1n) is 13.0. The summed E-state index contributed by atoms with van der Waals surface area (Å²) < 4.78 is 1.98. The van der Waals surface area contributed by atoms with Gasteiger partial charge < -0.3 is 10.6 Å². The molecule has 1 aliphatic rings. The number of amides is 1. The molecule has 42 heavy (non-hydrogen) atoms. The number of dihydropyridines is 1. The van der Waals surface area contributed by atoms with E-state index in [1.165, 1.54) is 11.8 Å². The van der Waals surface area contributed by atoms with Crippen LogP contribution in [0.1, 0.15) is 22.1 Å². The largest absolute Gasteiger partial charge is 0.349 e. The molecule has 1 amide bonds. The van der Waals surface area contributed by atoms with Gasteiger partial charge in [-0.25, -0.2) is 4.98 Å². The number of hydrogen-bond donors (Lipinski definition) is 2. The van der Waals surface area contributed by atoms with Crippen LogP contribution in [-0.4, -0.2) is 16.6 Å². The average molecular weight is 670 g/mol. The predicted molar refractivity (Wildman–Crippen MR) is 178 cm³/mol. The standard InChI is InChI=1S/C33H22BrClN4OS2/c34-21-14-16-22(17-15-21)37-28(40)19-41-32-24(18-36)29(23-10-4-5-11-25(23)35)30(31(39-32)20-8-2-1-3-9-20)33-38-26-12-6-7-13-27(26)42-33/h1-17,29,39H,19H2,(H,37,40)/t29-/m0/s1. The monoisotopic (exact) mass is 668 g/mol. The summed E-state index contributed by atoms with van der Waals surface area (Å²) in [5.74, 6) is -0.569. The van der Waals surface area contributed by atoms with Gasteiger partial charge in [0.1, 0.15) is 5.01 Å². The number of nitrogens with one attached hydrogen (secondary N) is 2. The molecule has 0 bridgehead atoms. The van der Waals surface area contributed by atoms with Crippen LogP contribution in [0.3, 0.4) is 0 Å². The summed E-state index contributed by atoms with van der Waals surface area (Å²) >= 11 is 13.1. The molecule has 4 aromatic carbocycles. The second-order valence-electron chi connectivity index (χ2n) is 9.42. The highest BCUT2D eigenvalue weighted by atomic mass is 79.9. The number of allylic oxidation sites excluding steroid dienone is 2. The Balaban J connectivity index is 1.47. The molecular weight excluding hydrogens is 648 g/mol. The van der Waals surface area contributed by atoms with Crippen LogP contribution < -0.4 is 10.6 Å².